The van der Waals surface area contributed by atoms with Crippen LogP contribution in [0, 0.1) is 17.8 Å². The summed E-state index contributed by atoms with van der Waals surface area (Å²) < 4.78 is 0. The van der Waals surface area contributed by atoms with Crippen molar-refractivity contribution in [3.63, 3.8) is 0 Å². The fourth-order valence-electron chi connectivity index (χ4n) is 3.58. The van der Waals surface area contributed by atoms with Gasteiger partial charge in [-0.05, 0) is 37.5 Å². The van der Waals surface area contributed by atoms with E-state index < -0.39 is 0 Å². The summed E-state index contributed by atoms with van der Waals surface area (Å²) in [5.41, 5.74) is 0. The molecule has 0 heterocycles. The molecule has 21 heavy (non-hydrogen) atoms. The lowest BCUT2D eigenvalue weighted by molar-refractivity contribution is -0.118. The molecule has 0 aromatic carbocycles. The van der Waals surface area contributed by atoms with Crippen LogP contribution in [0.5, 0.6) is 0 Å². The molecule has 0 amide bonds. The Morgan fingerprint density at radius 2 is 1.19 bits per heavy atom. The zero-order valence-corrected chi connectivity index (χ0v) is 15.4. The molecule has 0 bridgehead atoms. The topological polar surface area (TPSA) is 17.1 Å². The van der Waals surface area contributed by atoms with E-state index in [1.807, 2.05) is 0 Å². The van der Waals surface area contributed by atoms with Crippen LogP contribution >= 0.6 is 0 Å². The average Bonchev–Trinajstić information content (AvgIpc) is 2.46. The Hall–Kier alpha value is -0.330. The van der Waals surface area contributed by atoms with Gasteiger partial charge in [-0.25, -0.2) is 0 Å². The maximum absolute atomic E-state index is 11.6. The molecule has 2 atom stereocenters. The van der Waals surface area contributed by atoms with Gasteiger partial charge in [-0.1, -0.05) is 79.1 Å². The Bertz CT molecular complexity index is 228. The van der Waals surface area contributed by atoms with Crippen molar-refractivity contribution >= 4 is 5.78 Å². The lowest BCUT2D eigenvalue weighted by Crippen LogP contribution is -2.16. The van der Waals surface area contributed by atoms with Crippen LogP contribution in [0.15, 0.2) is 0 Å². The normalized spacial score (nSPS) is 15.7. The molecule has 1 nitrogen and oxygen atoms in total. The SMILES string of the molecule is CCCCC(CC)CC(CC(C)=O)CC(CC)CCCC. The number of hydrogen-bond acceptors (Lipinski definition) is 1. The van der Waals surface area contributed by atoms with Crippen molar-refractivity contribution in [2.24, 2.45) is 17.8 Å². The Kier molecular flexibility index (Phi) is 13.1. The molecule has 0 rings (SSSR count). The second-order valence-corrected chi connectivity index (χ2v) is 7.08. The molecule has 0 aliphatic rings. The molecule has 0 radical (unpaired) electrons. The van der Waals surface area contributed by atoms with Gasteiger partial charge in [-0.3, -0.25) is 0 Å². The highest BCUT2D eigenvalue weighted by Crippen LogP contribution is 2.31. The molecule has 0 fully saturated rings. The first-order chi connectivity index (χ1) is 10.1. The number of ketones is 1. The van der Waals surface area contributed by atoms with Gasteiger partial charge in [-0.2, -0.15) is 0 Å². The van der Waals surface area contributed by atoms with Gasteiger partial charge >= 0.3 is 0 Å². The molecule has 2 unspecified atom stereocenters. The zero-order chi connectivity index (χ0) is 16.1. The lowest BCUT2D eigenvalue weighted by Gasteiger charge is -2.26. The van der Waals surface area contributed by atoms with Crippen LogP contribution in [-0.4, -0.2) is 5.78 Å². The predicted molar refractivity (Wildman–Crippen MR) is 94.6 cm³/mol. The second-order valence-electron chi connectivity index (χ2n) is 7.08. The number of hydrogen-bond donors (Lipinski definition) is 0. The molecule has 1 heteroatoms. The Labute approximate surface area is 134 Å². The standard InChI is InChI=1S/C20H40O/c1-6-10-12-18(8-3)15-20(14-17(5)21)16-19(9-4)13-11-7-2/h18-20H,6-16H2,1-5H3. The molecule has 0 aliphatic carbocycles. The molecule has 0 aromatic heterocycles. The van der Waals surface area contributed by atoms with E-state index in [0.717, 1.165) is 18.3 Å². The zero-order valence-electron chi connectivity index (χ0n) is 15.4. The van der Waals surface area contributed by atoms with Gasteiger partial charge in [0.2, 0.25) is 0 Å². The summed E-state index contributed by atoms with van der Waals surface area (Å²) in [6.07, 6.45) is 13.9. The first-order valence-corrected chi connectivity index (χ1v) is 9.56. The van der Waals surface area contributed by atoms with Crippen molar-refractivity contribution in [1.29, 1.82) is 0 Å². The highest BCUT2D eigenvalue weighted by molar-refractivity contribution is 5.75. The third-order valence-corrected chi connectivity index (χ3v) is 5.00. The number of carbonyl (C=O) groups excluding carboxylic acids is 1. The molecule has 0 saturated carbocycles. The van der Waals surface area contributed by atoms with E-state index >= 15 is 0 Å². The van der Waals surface area contributed by atoms with E-state index in [0.29, 0.717) is 11.7 Å². The lowest BCUT2D eigenvalue weighted by atomic mass is 9.79. The first-order valence-electron chi connectivity index (χ1n) is 9.56. The predicted octanol–water partition coefficient (Wildman–Crippen LogP) is 6.79. The van der Waals surface area contributed by atoms with Gasteiger partial charge < -0.3 is 4.79 Å². The van der Waals surface area contributed by atoms with Crippen LogP contribution in [0.25, 0.3) is 0 Å². The third kappa shape index (κ3) is 11.0. The average molecular weight is 297 g/mol. The molecule has 0 aliphatic heterocycles. The summed E-state index contributed by atoms with van der Waals surface area (Å²) in [5, 5.41) is 0. The van der Waals surface area contributed by atoms with Crippen LogP contribution in [0.2, 0.25) is 0 Å². The molecule has 0 aromatic rings. The Morgan fingerprint density at radius 1 is 0.762 bits per heavy atom. The quantitative estimate of drug-likeness (QED) is 0.344. The first kappa shape index (κ1) is 20.7. The van der Waals surface area contributed by atoms with Crippen LogP contribution in [0.4, 0.5) is 0 Å². The van der Waals surface area contributed by atoms with Gasteiger partial charge in [0.1, 0.15) is 5.78 Å². The summed E-state index contributed by atoms with van der Waals surface area (Å²) in [4.78, 5) is 11.6. The molecular weight excluding hydrogens is 256 g/mol. The molecule has 0 N–H and O–H groups in total. The van der Waals surface area contributed by atoms with Crippen molar-refractivity contribution in [1.82, 2.24) is 0 Å². The van der Waals surface area contributed by atoms with Gasteiger partial charge in [0.25, 0.3) is 0 Å². The van der Waals surface area contributed by atoms with E-state index in [-0.39, 0.29) is 0 Å². The van der Waals surface area contributed by atoms with Gasteiger partial charge in [0.05, 0.1) is 0 Å². The Morgan fingerprint density at radius 3 is 1.48 bits per heavy atom. The van der Waals surface area contributed by atoms with Crippen LogP contribution in [0.1, 0.15) is 105 Å². The van der Waals surface area contributed by atoms with Crippen molar-refractivity contribution in [2.45, 2.75) is 105 Å². The monoisotopic (exact) mass is 296 g/mol. The van der Waals surface area contributed by atoms with E-state index in [1.54, 1.807) is 6.92 Å². The minimum atomic E-state index is 0.385. The van der Waals surface area contributed by atoms with Crippen molar-refractivity contribution in [3.05, 3.63) is 0 Å². The van der Waals surface area contributed by atoms with Crippen LogP contribution in [-0.2, 0) is 4.79 Å². The molecular formula is C20H40O. The van der Waals surface area contributed by atoms with Crippen molar-refractivity contribution < 1.29 is 4.79 Å². The highest BCUT2D eigenvalue weighted by Gasteiger charge is 2.20. The fourth-order valence-corrected chi connectivity index (χ4v) is 3.58. The fraction of sp³-hybridized carbons (Fsp3) is 0.950. The van der Waals surface area contributed by atoms with Gasteiger partial charge in [-0.15, -0.1) is 0 Å². The largest absolute Gasteiger partial charge is 0.300 e. The summed E-state index contributed by atoms with van der Waals surface area (Å²) >= 11 is 0. The summed E-state index contributed by atoms with van der Waals surface area (Å²) in [7, 11) is 0. The van der Waals surface area contributed by atoms with E-state index in [9.17, 15) is 4.79 Å². The summed E-state index contributed by atoms with van der Waals surface area (Å²) in [6.45, 7) is 11.0. The van der Waals surface area contributed by atoms with E-state index in [1.165, 1.54) is 64.2 Å². The van der Waals surface area contributed by atoms with Crippen LogP contribution in [0.3, 0.4) is 0 Å². The number of rotatable bonds is 14. The number of carbonyl (C=O) groups is 1. The summed E-state index contributed by atoms with van der Waals surface area (Å²) in [5.74, 6) is 2.68. The third-order valence-electron chi connectivity index (χ3n) is 5.00. The smallest absolute Gasteiger partial charge is 0.130 e. The van der Waals surface area contributed by atoms with Gasteiger partial charge in [0, 0.05) is 6.42 Å². The minimum absolute atomic E-state index is 0.385. The van der Waals surface area contributed by atoms with E-state index in [2.05, 4.69) is 27.7 Å². The highest BCUT2D eigenvalue weighted by atomic mass is 16.1. The number of unbranched alkanes of at least 4 members (excludes halogenated alkanes) is 2. The van der Waals surface area contributed by atoms with Gasteiger partial charge in [0.15, 0.2) is 0 Å². The van der Waals surface area contributed by atoms with Crippen LogP contribution < -0.4 is 0 Å². The minimum Gasteiger partial charge on any atom is -0.300 e. The Balaban J connectivity index is 4.49. The molecule has 0 saturated heterocycles. The number of Topliss-reactive ketones (excluding diaryl/α,β-unsaturated/α-hetero) is 1. The summed E-state index contributed by atoms with van der Waals surface area (Å²) in [6, 6.07) is 0. The van der Waals surface area contributed by atoms with Crippen molar-refractivity contribution in [2.75, 3.05) is 0 Å². The van der Waals surface area contributed by atoms with E-state index in [4.69, 9.17) is 0 Å². The molecule has 0 spiro atoms. The van der Waals surface area contributed by atoms with Crippen molar-refractivity contribution in [3.8, 4) is 0 Å². The second kappa shape index (κ2) is 13.3. The maximum atomic E-state index is 11.6. The molecule has 126 valence electrons. The maximum Gasteiger partial charge on any atom is 0.130 e.